The number of nitrogens with two attached hydrogens (primary N) is 1. The molecular weight excluding hydrogens is 380 g/mol. The number of halogens is 2. The maximum atomic E-state index is 12.3. The van der Waals surface area contributed by atoms with Crippen molar-refractivity contribution in [1.29, 1.82) is 0 Å². The zero-order valence-corrected chi connectivity index (χ0v) is 14.1. The first-order chi connectivity index (χ1) is 9.83. The Hall–Kier alpha value is -1.44. The minimum atomic E-state index is -3.75. The Bertz CT molecular complexity index is 781. The molecule has 0 radical (unpaired) electrons. The zero-order valence-electron chi connectivity index (χ0n) is 10.9. The highest BCUT2D eigenvalue weighted by Gasteiger charge is 2.16. The number of nitrogen functional groups attached to an aromatic ring is 1. The molecule has 0 aliphatic carbocycles. The molecule has 2 rings (SSSR count). The lowest BCUT2D eigenvalue weighted by Crippen LogP contribution is -2.13. The van der Waals surface area contributed by atoms with Crippen molar-refractivity contribution >= 4 is 48.9 Å². The van der Waals surface area contributed by atoms with Gasteiger partial charge in [0.05, 0.1) is 28.4 Å². The van der Waals surface area contributed by atoms with Crippen LogP contribution >= 0.6 is 27.5 Å². The van der Waals surface area contributed by atoms with Gasteiger partial charge in [0, 0.05) is 4.47 Å². The lowest BCUT2D eigenvalue weighted by atomic mass is 10.3. The van der Waals surface area contributed by atoms with E-state index < -0.39 is 10.0 Å². The Balaban J connectivity index is 2.33. The second-order valence-electron chi connectivity index (χ2n) is 4.14. The molecule has 0 aliphatic rings. The summed E-state index contributed by atoms with van der Waals surface area (Å²) in [7, 11) is -2.29. The van der Waals surface area contributed by atoms with Crippen LogP contribution in [0, 0.1) is 0 Å². The Morgan fingerprint density at radius 3 is 2.52 bits per heavy atom. The van der Waals surface area contributed by atoms with Crippen LogP contribution in [0.4, 0.5) is 11.4 Å². The van der Waals surface area contributed by atoms with Gasteiger partial charge in [-0.3, -0.25) is 4.72 Å². The standard InChI is InChI=1S/C13H12BrClN2O3S/c1-20-13-5-3-9(7-12(13)16)21(18,19)17-8-2-4-10(14)11(15)6-8/h2-7,17H,16H2,1H3. The van der Waals surface area contributed by atoms with E-state index in [2.05, 4.69) is 20.7 Å². The third kappa shape index (κ3) is 3.61. The number of hydrogen-bond donors (Lipinski definition) is 2. The van der Waals surface area contributed by atoms with Crippen molar-refractivity contribution in [3.05, 3.63) is 45.9 Å². The van der Waals surface area contributed by atoms with Crippen molar-refractivity contribution in [2.24, 2.45) is 0 Å². The predicted molar refractivity (Wildman–Crippen MR) is 87.4 cm³/mol. The van der Waals surface area contributed by atoms with Crippen molar-refractivity contribution < 1.29 is 13.2 Å². The fourth-order valence-corrected chi connectivity index (χ4v) is 3.16. The molecule has 112 valence electrons. The maximum Gasteiger partial charge on any atom is 0.261 e. The first-order valence-corrected chi connectivity index (χ1v) is 8.40. The summed E-state index contributed by atoms with van der Waals surface area (Å²) in [6.07, 6.45) is 0. The monoisotopic (exact) mass is 390 g/mol. The molecule has 8 heteroatoms. The summed E-state index contributed by atoms with van der Waals surface area (Å²) in [6.45, 7) is 0. The molecule has 0 aromatic heterocycles. The fraction of sp³-hybridized carbons (Fsp3) is 0.0769. The number of rotatable bonds is 4. The summed E-state index contributed by atoms with van der Waals surface area (Å²) in [6, 6.07) is 9.01. The largest absolute Gasteiger partial charge is 0.495 e. The van der Waals surface area contributed by atoms with Gasteiger partial charge in [0.2, 0.25) is 0 Å². The van der Waals surface area contributed by atoms with Gasteiger partial charge in [-0.25, -0.2) is 8.42 Å². The highest BCUT2D eigenvalue weighted by molar-refractivity contribution is 9.10. The van der Waals surface area contributed by atoms with Crippen LogP contribution in [0.5, 0.6) is 5.75 Å². The van der Waals surface area contributed by atoms with Crippen molar-refractivity contribution in [1.82, 2.24) is 0 Å². The Morgan fingerprint density at radius 2 is 1.95 bits per heavy atom. The Morgan fingerprint density at radius 1 is 1.24 bits per heavy atom. The number of anilines is 2. The highest BCUT2D eigenvalue weighted by atomic mass is 79.9. The van der Waals surface area contributed by atoms with Crippen LogP contribution in [0.15, 0.2) is 45.8 Å². The molecular formula is C13H12BrClN2O3S. The molecule has 0 unspecified atom stereocenters. The van der Waals surface area contributed by atoms with Crippen molar-refractivity contribution in [2.45, 2.75) is 4.90 Å². The third-order valence-electron chi connectivity index (χ3n) is 2.68. The Kier molecular flexibility index (Phi) is 4.65. The summed E-state index contributed by atoms with van der Waals surface area (Å²) in [4.78, 5) is 0.0415. The first kappa shape index (κ1) is 15.9. The number of benzene rings is 2. The summed E-state index contributed by atoms with van der Waals surface area (Å²) in [5.74, 6) is 0.417. The minimum absolute atomic E-state index is 0.0415. The summed E-state index contributed by atoms with van der Waals surface area (Å²) < 4.78 is 32.7. The lowest BCUT2D eigenvalue weighted by molar-refractivity contribution is 0.416. The molecule has 3 N–H and O–H groups in total. The lowest BCUT2D eigenvalue weighted by Gasteiger charge is -2.11. The average Bonchev–Trinajstić information content (AvgIpc) is 2.42. The molecule has 0 saturated carbocycles. The molecule has 2 aromatic carbocycles. The molecule has 0 heterocycles. The summed E-state index contributed by atoms with van der Waals surface area (Å²) in [5.41, 5.74) is 6.32. The van der Waals surface area contributed by atoms with Gasteiger partial charge < -0.3 is 10.5 Å². The van der Waals surface area contributed by atoms with Crippen LogP contribution in [0.1, 0.15) is 0 Å². The van der Waals surface area contributed by atoms with E-state index in [1.54, 1.807) is 12.1 Å². The van der Waals surface area contributed by atoms with E-state index in [1.807, 2.05) is 0 Å². The smallest absolute Gasteiger partial charge is 0.261 e. The van der Waals surface area contributed by atoms with Crippen LogP contribution < -0.4 is 15.2 Å². The van der Waals surface area contributed by atoms with Crippen LogP contribution in [-0.4, -0.2) is 15.5 Å². The molecule has 5 nitrogen and oxygen atoms in total. The quantitative estimate of drug-likeness (QED) is 0.782. The van der Waals surface area contributed by atoms with Gasteiger partial charge in [-0.15, -0.1) is 0 Å². The van der Waals surface area contributed by atoms with Gasteiger partial charge in [-0.05, 0) is 52.3 Å². The minimum Gasteiger partial charge on any atom is -0.495 e. The Labute approximate surface area is 136 Å². The molecule has 0 fully saturated rings. The second-order valence-corrected chi connectivity index (χ2v) is 7.08. The van der Waals surface area contributed by atoms with Gasteiger partial charge in [0.15, 0.2) is 0 Å². The number of nitrogens with one attached hydrogen (secondary N) is 1. The first-order valence-electron chi connectivity index (χ1n) is 5.75. The molecule has 21 heavy (non-hydrogen) atoms. The molecule has 0 amide bonds. The molecule has 0 saturated heterocycles. The molecule has 0 bridgehead atoms. The van der Waals surface area contributed by atoms with E-state index in [-0.39, 0.29) is 10.6 Å². The van der Waals surface area contributed by atoms with E-state index >= 15 is 0 Å². The highest BCUT2D eigenvalue weighted by Crippen LogP contribution is 2.28. The normalized spacial score (nSPS) is 11.2. The molecule has 0 aliphatic heterocycles. The summed E-state index contributed by atoms with van der Waals surface area (Å²) in [5, 5.41) is 0.407. The van der Waals surface area contributed by atoms with Crippen LogP contribution in [-0.2, 0) is 10.0 Å². The number of methoxy groups -OCH3 is 1. The summed E-state index contributed by atoms with van der Waals surface area (Å²) >= 11 is 9.17. The van der Waals surface area contributed by atoms with Gasteiger partial charge >= 0.3 is 0 Å². The fourth-order valence-electron chi connectivity index (χ4n) is 1.65. The van der Waals surface area contributed by atoms with Gasteiger partial charge in [0.25, 0.3) is 10.0 Å². The van der Waals surface area contributed by atoms with E-state index in [9.17, 15) is 8.42 Å². The second kappa shape index (κ2) is 6.13. The van der Waals surface area contributed by atoms with Gasteiger partial charge in [-0.1, -0.05) is 11.6 Å². The topological polar surface area (TPSA) is 81.4 Å². The van der Waals surface area contributed by atoms with Gasteiger partial charge in [-0.2, -0.15) is 0 Å². The van der Waals surface area contributed by atoms with E-state index in [1.165, 1.54) is 31.4 Å². The van der Waals surface area contributed by atoms with Crippen LogP contribution in [0.2, 0.25) is 5.02 Å². The van der Waals surface area contributed by atoms with Crippen molar-refractivity contribution in [3.8, 4) is 5.75 Å². The van der Waals surface area contributed by atoms with Crippen LogP contribution in [0.25, 0.3) is 0 Å². The number of hydrogen-bond acceptors (Lipinski definition) is 4. The van der Waals surface area contributed by atoms with Crippen LogP contribution in [0.3, 0.4) is 0 Å². The van der Waals surface area contributed by atoms with E-state index in [0.29, 0.717) is 20.9 Å². The average molecular weight is 392 g/mol. The van der Waals surface area contributed by atoms with Gasteiger partial charge in [0.1, 0.15) is 5.75 Å². The van der Waals surface area contributed by atoms with Crippen molar-refractivity contribution in [3.63, 3.8) is 0 Å². The SMILES string of the molecule is COc1ccc(S(=O)(=O)Nc2ccc(Br)c(Cl)c2)cc1N. The van der Waals surface area contributed by atoms with E-state index in [0.717, 1.165) is 0 Å². The zero-order chi connectivity index (χ0) is 15.6. The maximum absolute atomic E-state index is 12.3. The molecule has 0 spiro atoms. The predicted octanol–water partition coefficient (Wildman–Crippen LogP) is 3.49. The molecule has 2 aromatic rings. The van der Waals surface area contributed by atoms with Crippen molar-refractivity contribution in [2.75, 3.05) is 17.6 Å². The third-order valence-corrected chi connectivity index (χ3v) is 5.29. The number of ether oxygens (including phenoxy) is 1. The molecule has 0 atom stereocenters. The van der Waals surface area contributed by atoms with E-state index in [4.69, 9.17) is 22.1 Å². The number of sulfonamides is 1.